The van der Waals surface area contributed by atoms with Gasteiger partial charge in [0.05, 0.1) is 11.0 Å². The number of hydrogen-bond acceptors (Lipinski definition) is 4. The van der Waals surface area contributed by atoms with Gasteiger partial charge < -0.3 is 5.11 Å². The van der Waals surface area contributed by atoms with Crippen LogP contribution in [0.15, 0.2) is 73.2 Å². The number of hydrogen-bond donors (Lipinski definition) is 2. The van der Waals surface area contributed by atoms with Gasteiger partial charge in [-0.2, -0.15) is 0 Å². The van der Waals surface area contributed by atoms with E-state index in [1.54, 1.807) is 54.6 Å². The van der Waals surface area contributed by atoms with Crippen molar-refractivity contribution in [3.05, 3.63) is 95.6 Å². The highest BCUT2D eigenvalue weighted by Crippen LogP contribution is 2.21. The van der Waals surface area contributed by atoms with E-state index in [9.17, 15) is 19.5 Å². The zero-order chi connectivity index (χ0) is 19.8. The molecule has 1 aliphatic heterocycles. The van der Waals surface area contributed by atoms with E-state index in [1.807, 2.05) is 0 Å². The monoisotopic (exact) mass is 437 g/mol. The number of rotatable bonds is 2. The van der Waals surface area contributed by atoms with E-state index in [1.165, 1.54) is 6.08 Å². The number of nitrogens with one attached hydrogen (secondary N) is 1. The number of aromatic nitrogens is 2. The zero-order valence-electron chi connectivity index (χ0n) is 14.2. The molecule has 1 amide bonds. The Morgan fingerprint density at radius 3 is 2.50 bits per heavy atom. The Morgan fingerprint density at radius 2 is 1.75 bits per heavy atom. The minimum absolute atomic E-state index is 0.125. The quantitative estimate of drug-likeness (QED) is 0.583. The molecule has 2 N–H and O–H groups in total. The van der Waals surface area contributed by atoms with E-state index < -0.39 is 23.0 Å². The van der Waals surface area contributed by atoms with Crippen molar-refractivity contribution in [1.82, 2.24) is 9.55 Å². The first kappa shape index (κ1) is 17.9. The van der Waals surface area contributed by atoms with Crippen LogP contribution in [0.5, 0.6) is 5.88 Å². The summed E-state index contributed by atoms with van der Waals surface area (Å²) in [6.07, 6.45) is 2.81. The van der Waals surface area contributed by atoms with Crippen LogP contribution in [0.3, 0.4) is 0 Å². The molecular weight excluding hydrogens is 426 g/mol. The van der Waals surface area contributed by atoms with Gasteiger partial charge in [0.25, 0.3) is 11.5 Å². The molecule has 0 fully saturated rings. The van der Waals surface area contributed by atoms with Crippen LogP contribution in [0, 0.1) is 0 Å². The largest absolute Gasteiger partial charge is 0.494 e. The molecule has 0 aliphatic carbocycles. The molecule has 0 saturated carbocycles. The first-order valence-electron chi connectivity index (χ1n) is 8.20. The standard InChI is InChI=1S/C20H12BrN3O4/c21-13-5-7-14(8-6-13)24-19(27)15(18(26)23-20(24)28)10-12-9-11-3-1-2-4-16(11)22-17(12)25/h1-10,27H,(H,23,26,28)/b12-10+. The average Bonchev–Trinajstić information content (AvgIpc) is 2.66. The summed E-state index contributed by atoms with van der Waals surface area (Å²) >= 11 is 3.30. The van der Waals surface area contributed by atoms with Crippen molar-refractivity contribution in [3.63, 3.8) is 0 Å². The van der Waals surface area contributed by atoms with Gasteiger partial charge in [0.2, 0.25) is 5.88 Å². The first-order chi connectivity index (χ1) is 13.4. The highest BCUT2D eigenvalue weighted by atomic mass is 79.9. The summed E-state index contributed by atoms with van der Waals surface area (Å²) in [6, 6.07) is 13.6. The molecule has 0 spiro atoms. The molecule has 2 aromatic carbocycles. The number of aromatic hydroxyl groups is 1. The van der Waals surface area contributed by atoms with Crippen LogP contribution in [-0.4, -0.2) is 20.6 Å². The van der Waals surface area contributed by atoms with Gasteiger partial charge in [-0.05, 0) is 42.5 Å². The Hall–Kier alpha value is -3.52. The number of nitrogens with zero attached hydrogens (tertiary/aromatic N) is 2. The Balaban J connectivity index is 1.93. The number of benzene rings is 2. The summed E-state index contributed by atoms with van der Waals surface area (Å²) < 4.78 is 1.75. The van der Waals surface area contributed by atoms with E-state index in [-0.39, 0.29) is 11.1 Å². The molecule has 1 aromatic heterocycles. The topological polar surface area (TPSA) is 105 Å². The first-order valence-corrected chi connectivity index (χ1v) is 8.99. The Labute approximate surface area is 165 Å². The third-order valence-electron chi connectivity index (χ3n) is 4.22. The Bertz CT molecular complexity index is 1380. The van der Waals surface area contributed by atoms with Crippen LogP contribution in [0.2, 0.25) is 0 Å². The van der Waals surface area contributed by atoms with Crippen molar-refractivity contribution in [3.8, 4) is 11.6 Å². The van der Waals surface area contributed by atoms with Crippen LogP contribution in [-0.2, 0) is 4.79 Å². The van der Waals surface area contributed by atoms with Gasteiger partial charge in [0.15, 0.2) is 0 Å². The summed E-state index contributed by atoms with van der Waals surface area (Å²) in [5, 5.41) is 11.9. The number of aromatic amines is 1. The third kappa shape index (κ3) is 3.14. The summed E-state index contributed by atoms with van der Waals surface area (Å²) in [5.41, 5.74) is -1.32. The molecule has 0 saturated heterocycles. The van der Waals surface area contributed by atoms with Crippen molar-refractivity contribution in [2.75, 3.05) is 0 Å². The second kappa shape index (κ2) is 6.90. The van der Waals surface area contributed by atoms with Crippen LogP contribution >= 0.6 is 15.9 Å². The lowest BCUT2D eigenvalue weighted by Gasteiger charge is -2.10. The molecule has 0 unspecified atom stereocenters. The molecule has 28 heavy (non-hydrogen) atoms. The molecule has 8 heteroatoms. The molecule has 2 heterocycles. The zero-order valence-corrected chi connectivity index (χ0v) is 15.8. The van der Waals surface area contributed by atoms with E-state index in [0.29, 0.717) is 16.3 Å². The number of fused-ring (bicyclic) bond motifs is 1. The van der Waals surface area contributed by atoms with E-state index in [2.05, 4.69) is 25.9 Å². The van der Waals surface area contributed by atoms with Crippen molar-refractivity contribution in [2.24, 2.45) is 4.99 Å². The number of halogens is 1. The fraction of sp³-hybridized carbons (Fsp3) is 0. The average molecular weight is 438 g/mol. The van der Waals surface area contributed by atoms with Gasteiger partial charge in [-0.1, -0.05) is 34.1 Å². The number of amides is 1. The summed E-state index contributed by atoms with van der Waals surface area (Å²) in [7, 11) is 0. The number of para-hydroxylation sites is 1. The van der Waals surface area contributed by atoms with Crippen LogP contribution in [0.25, 0.3) is 17.8 Å². The van der Waals surface area contributed by atoms with Crippen LogP contribution < -0.4 is 21.8 Å². The number of carbonyl (C=O) groups is 1. The lowest BCUT2D eigenvalue weighted by Crippen LogP contribution is -2.31. The van der Waals surface area contributed by atoms with Gasteiger partial charge in [-0.25, -0.2) is 14.4 Å². The molecule has 4 rings (SSSR count). The summed E-state index contributed by atoms with van der Waals surface area (Å²) in [5.74, 6) is -1.11. The Morgan fingerprint density at radius 1 is 1.04 bits per heavy atom. The van der Waals surface area contributed by atoms with Crippen LogP contribution in [0.4, 0.5) is 0 Å². The van der Waals surface area contributed by atoms with E-state index in [4.69, 9.17) is 0 Å². The minimum atomic E-state index is -0.802. The van der Waals surface area contributed by atoms with Gasteiger partial charge in [0, 0.05) is 15.3 Å². The molecule has 0 radical (unpaired) electrons. The molecule has 0 bridgehead atoms. The van der Waals surface area contributed by atoms with Gasteiger partial charge in [0.1, 0.15) is 5.56 Å². The fourth-order valence-electron chi connectivity index (χ4n) is 2.87. The number of carbonyl (C=O) groups excluding carboxylic acids is 1. The van der Waals surface area contributed by atoms with Crippen molar-refractivity contribution < 1.29 is 9.90 Å². The van der Waals surface area contributed by atoms with Gasteiger partial charge in [-0.15, -0.1) is 0 Å². The predicted molar refractivity (Wildman–Crippen MR) is 107 cm³/mol. The lowest BCUT2D eigenvalue weighted by molar-refractivity contribution is -0.114. The summed E-state index contributed by atoms with van der Waals surface area (Å²) in [4.78, 5) is 43.0. The maximum absolute atomic E-state index is 12.3. The normalized spacial score (nSPS) is 14.3. The number of H-pyrrole nitrogens is 1. The van der Waals surface area contributed by atoms with Gasteiger partial charge in [-0.3, -0.25) is 14.6 Å². The minimum Gasteiger partial charge on any atom is -0.494 e. The fourth-order valence-corrected chi connectivity index (χ4v) is 3.14. The second-order valence-corrected chi connectivity index (χ2v) is 6.94. The van der Waals surface area contributed by atoms with Crippen molar-refractivity contribution >= 4 is 34.0 Å². The maximum Gasteiger partial charge on any atom is 0.335 e. The van der Waals surface area contributed by atoms with Gasteiger partial charge >= 0.3 is 5.69 Å². The smallest absolute Gasteiger partial charge is 0.335 e. The summed E-state index contributed by atoms with van der Waals surface area (Å²) in [6.45, 7) is 0. The van der Waals surface area contributed by atoms with Crippen LogP contribution in [0.1, 0.15) is 5.56 Å². The lowest BCUT2D eigenvalue weighted by atomic mass is 10.1. The second-order valence-electron chi connectivity index (χ2n) is 6.03. The Kier molecular flexibility index (Phi) is 4.40. The molecule has 1 aliphatic rings. The molecule has 7 nitrogen and oxygen atoms in total. The highest BCUT2D eigenvalue weighted by Gasteiger charge is 2.17. The van der Waals surface area contributed by atoms with Crippen molar-refractivity contribution in [2.45, 2.75) is 0 Å². The van der Waals surface area contributed by atoms with E-state index in [0.717, 1.165) is 9.04 Å². The SMILES string of the molecule is O=C1N=c2ccccc2=C/C1=C\c1c(O)n(-c2ccc(Br)cc2)c(=O)[nH]c1=O. The maximum atomic E-state index is 12.3. The third-order valence-corrected chi connectivity index (χ3v) is 4.75. The molecular formula is C20H12BrN3O4. The van der Waals surface area contributed by atoms with Crippen molar-refractivity contribution in [1.29, 1.82) is 0 Å². The molecule has 138 valence electrons. The van der Waals surface area contributed by atoms with E-state index >= 15 is 0 Å². The predicted octanol–water partition coefficient (Wildman–Crippen LogP) is 1.02. The molecule has 3 aromatic rings. The molecule has 0 atom stereocenters. The highest BCUT2D eigenvalue weighted by molar-refractivity contribution is 9.10.